The van der Waals surface area contributed by atoms with Crippen LogP contribution in [0.4, 0.5) is 4.79 Å². The van der Waals surface area contributed by atoms with Crippen LogP contribution < -0.4 is 10.6 Å². The maximum atomic E-state index is 12.6. The van der Waals surface area contributed by atoms with E-state index in [0.29, 0.717) is 19.4 Å². The van der Waals surface area contributed by atoms with Crippen molar-refractivity contribution < 1.29 is 29.0 Å². The van der Waals surface area contributed by atoms with Crippen molar-refractivity contribution in [3.63, 3.8) is 0 Å². The maximum absolute atomic E-state index is 12.6. The normalized spacial score (nSPS) is 18.4. The Morgan fingerprint density at radius 1 is 1.19 bits per heavy atom. The quantitative estimate of drug-likeness (QED) is 0.636. The second-order valence-electron chi connectivity index (χ2n) is 7.65. The zero-order chi connectivity index (χ0) is 20.1. The molecule has 9 nitrogen and oxygen atoms in total. The topological polar surface area (TPSA) is 125 Å². The molecule has 148 valence electrons. The van der Waals surface area contributed by atoms with Gasteiger partial charge in [-0.15, -0.1) is 0 Å². The Hall–Kier alpha value is -2.32. The van der Waals surface area contributed by atoms with Crippen molar-refractivity contribution in [2.75, 3.05) is 6.54 Å². The van der Waals surface area contributed by atoms with Gasteiger partial charge in [0.05, 0.1) is 6.42 Å². The molecular weight excluding hydrogens is 342 g/mol. The van der Waals surface area contributed by atoms with E-state index in [4.69, 9.17) is 9.84 Å². The Morgan fingerprint density at radius 3 is 2.31 bits per heavy atom. The van der Waals surface area contributed by atoms with Gasteiger partial charge in [0, 0.05) is 12.6 Å². The van der Waals surface area contributed by atoms with Gasteiger partial charge < -0.3 is 20.5 Å². The second-order valence-corrected chi connectivity index (χ2v) is 7.65. The highest BCUT2D eigenvalue weighted by Crippen LogP contribution is 2.21. The molecule has 1 saturated heterocycles. The monoisotopic (exact) mass is 371 g/mol. The van der Waals surface area contributed by atoms with Crippen LogP contribution in [0.5, 0.6) is 0 Å². The molecule has 0 aliphatic carbocycles. The highest BCUT2D eigenvalue weighted by Gasteiger charge is 2.38. The third-order valence-electron chi connectivity index (χ3n) is 3.63. The lowest BCUT2D eigenvalue weighted by atomic mass is 10.1. The lowest BCUT2D eigenvalue weighted by Crippen LogP contribution is -2.54. The Bertz CT molecular complexity index is 555. The standard InChI is InChI=1S/C17H29N3O6/c1-10(2)18-14(23)11(9-13(21)22)19-15(24)12-7-6-8-20(12)16(25)26-17(3,4)5/h10-12H,6-9H2,1-5H3,(H,18,23)(H,19,24)(H,21,22)/t11-,12-/m0/s1. The first-order valence-electron chi connectivity index (χ1n) is 8.73. The van der Waals surface area contributed by atoms with Crippen molar-refractivity contribution in [2.24, 2.45) is 0 Å². The average Bonchev–Trinajstić information content (AvgIpc) is 2.92. The molecule has 0 aromatic rings. The molecule has 1 aliphatic rings. The number of ether oxygens (including phenoxy) is 1. The van der Waals surface area contributed by atoms with E-state index in [1.54, 1.807) is 34.6 Å². The van der Waals surface area contributed by atoms with E-state index in [0.717, 1.165) is 0 Å². The van der Waals surface area contributed by atoms with Crippen molar-refractivity contribution in [1.29, 1.82) is 0 Å². The van der Waals surface area contributed by atoms with Crippen LogP contribution in [-0.4, -0.2) is 64.2 Å². The molecule has 0 radical (unpaired) electrons. The summed E-state index contributed by atoms with van der Waals surface area (Å²) in [6.07, 6.45) is -0.0873. The molecule has 0 aromatic heterocycles. The average molecular weight is 371 g/mol. The summed E-state index contributed by atoms with van der Waals surface area (Å²) in [6, 6.07) is -2.18. The number of rotatable bonds is 6. The maximum Gasteiger partial charge on any atom is 0.410 e. The molecule has 1 rings (SSSR count). The van der Waals surface area contributed by atoms with Crippen LogP contribution in [0, 0.1) is 0 Å². The number of aliphatic carboxylic acids is 1. The van der Waals surface area contributed by atoms with Gasteiger partial charge >= 0.3 is 12.1 Å². The van der Waals surface area contributed by atoms with Crippen molar-refractivity contribution in [2.45, 2.75) is 77.6 Å². The van der Waals surface area contributed by atoms with Gasteiger partial charge in [-0.1, -0.05) is 0 Å². The Labute approximate surface area is 153 Å². The smallest absolute Gasteiger partial charge is 0.410 e. The molecular formula is C17H29N3O6. The minimum absolute atomic E-state index is 0.194. The molecule has 2 atom stereocenters. The Kier molecular flexibility index (Phi) is 7.41. The summed E-state index contributed by atoms with van der Waals surface area (Å²) < 4.78 is 5.31. The number of carbonyl (C=O) groups is 4. The number of carboxylic acid groups (broad SMARTS) is 1. The van der Waals surface area contributed by atoms with Crippen LogP contribution in [0.1, 0.15) is 53.9 Å². The summed E-state index contributed by atoms with van der Waals surface area (Å²) in [5, 5.41) is 14.0. The first-order chi connectivity index (χ1) is 11.9. The number of nitrogens with zero attached hydrogens (tertiary/aromatic N) is 1. The molecule has 9 heteroatoms. The minimum atomic E-state index is -1.21. The molecule has 3 amide bonds. The van der Waals surface area contributed by atoms with Crippen molar-refractivity contribution in [1.82, 2.24) is 15.5 Å². The largest absolute Gasteiger partial charge is 0.481 e. The van der Waals surface area contributed by atoms with E-state index in [1.807, 2.05) is 0 Å². The fraction of sp³-hybridized carbons (Fsp3) is 0.765. The summed E-state index contributed by atoms with van der Waals surface area (Å²) in [5.74, 6) is -2.33. The fourth-order valence-electron chi connectivity index (χ4n) is 2.62. The zero-order valence-electron chi connectivity index (χ0n) is 16.0. The molecule has 0 unspecified atom stereocenters. The molecule has 3 N–H and O–H groups in total. The number of likely N-dealkylation sites (tertiary alicyclic amines) is 1. The van der Waals surface area contributed by atoms with Crippen molar-refractivity contribution >= 4 is 23.9 Å². The lowest BCUT2D eigenvalue weighted by molar-refractivity contribution is -0.141. The predicted octanol–water partition coefficient (Wildman–Crippen LogP) is 0.870. The minimum Gasteiger partial charge on any atom is -0.481 e. The molecule has 1 heterocycles. The number of amides is 3. The van der Waals surface area contributed by atoms with E-state index in [1.165, 1.54) is 4.90 Å². The van der Waals surface area contributed by atoms with Gasteiger partial charge in [-0.25, -0.2) is 4.79 Å². The van der Waals surface area contributed by atoms with Crippen molar-refractivity contribution in [3.8, 4) is 0 Å². The van der Waals surface area contributed by atoms with Crippen molar-refractivity contribution in [3.05, 3.63) is 0 Å². The van der Waals surface area contributed by atoms with Crippen LogP contribution in [0.15, 0.2) is 0 Å². The van der Waals surface area contributed by atoms with Crippen LogP contribution >= 0.6 is 0 Å². The molecule has 1 aliphatic heterocycles. The number of nitrogens with one attached hydrogen (secondary N) is 2. The molecule has 26 heavy (non-hydrogen) atoms. The van der Waals surface area contributed by atoms with Gasteiger partial charge in [0.25, 0.3) is 0 Å². The van der Waals surface area contributed by atoms with E-state index in [2.05, 4.69) is 10.6 Å². The number of hydrogen-bond donors (Lipinski definition) is 3. The number of carboxylic acids is 1. The van der Waals surface area contributed by atoms with Crippen LogP contribution in [-0.2, 0) is 19.1 Å². The summed E-state index contributed by atoms with van der Waals surface area (Å²) in [6.45, 7) is 9.03. The molecule has 0 aromatic carbocycles. The van der Waals surface area contributed by atoms with Gasteiger partial charge in [-0.3, -0.25) is 19.3 Å². The summed E-state index contributed by atoms with van der Waals surface area (Å²) in [4.78, 5) is 49.3. The molecule has 0 bridgehead atoms. The first kappa shape index (κ1) is 21.7. The predicted molar refractivity (Wildman–Crippen MR) is 93.4 cm³/mol. The van der Waals surface area contributed by atoms with Crippen LogP contribution in [0.25, 0.3) is 0 Å². The van der Waals surface area contributed by atoms with Gasteiger partial charge in [0.1, 0.15) is 17.7 Å². The van der Waals surface area contributed by atoms with E-state index in [9.17, 15) is 19.2 Å². The van der Waals surface area contributed by atoms with E-state index in [-0.39, 0.29) is 6.04 Å². The molecule has 1 fully saturated rings. The second kappa shape index (κ2) is 8.86. The van der Waals surface area contributed by atoms with Gasteiger partial charge in [0.15, 0.2) is 0 Å². The van der Waals surface area contributed by atoms with Gasteiger partial charge in [-0.05, 0) is 47.5 Å². The fourth-order valence-corrected chi connectivity index (χ4v) is 2.62. The van der Waals surface area contributed by atoms with Crippen LogP contribution in [0.2, 0.25) is 0 Å². The van der Waals surface area contributed by atoms with Gasteiger partial charge in [-0.2, -0.15) is 0 Å². The highest BCUT2D eigenvalue weighted by atomic mass is 16.6. The first-order valence-corrected chi connectivity index (χ1v) is 8.73. The zero-order valence-corrected chi connectivity index (χ0v) is 16.0. The SMILES string of the molecule is CC(C)NC(=O)[C@H](CC(=O)O)NC(=O)[C@@H]1CCCN1C(=O)OC(C)(C)C. The Balaban J connectivity index is 2.81. The van der Waals surface area contributed by atoms with Crippen LogP contribution in [0.3, 0.4) is 0 Å². The third kappa shape index (κ3) is 6.89. The summed E-state index contributed by atoms with van der Waals surface area (Å²) in [5.41, 5.74) is -0.691. The van der Waals surface area contributed by atoms with E-state index < -0.39 is 48.0 Å². The molecule has 0 saturated carbocycles. The molecule has 0 spiro atoms. The Morgan fingerprint density at radius 2 is 1.81 bits per heavy atom. The highest BCUT2D eigenvalue weighted by molar-refractivity contribution is 5.93. The number of hydrogen-bond acceptors (Lipinski definition) is 5. The third-order valence-corrected chi connectivity index (χ3v) is 3.63. The summed E-state index contributed by atoms with van der Waals surface area (Å²) >= 11 is 0. The van der Waals surface area contributed by atoms with Gasteiger partial charge in [0.2, 0.25) is 11.8 Å². The lowest BCUT2D eigenvalue weighted by Gasteiger charge is -2.29. The van der Waals surface area contributed by atoms with E-state index >= 15 is 0 Å². The summed E-state index contributed by atoms with van der Waals surface area (Å²) in [7, 11) is 0. The number of carbonyl (C=O) groups excluding carboxylic acids is 3.